The minimum Gasteiger partial charge on any atom is -0.481 e. The van der Waals surface area contributed by atoms with Gasteiger partial charge in [-0.3, -0.25) is 14.4 Å². The van der Waals surface area contributed by atoms with Crippen LogP contribution in [-0.4, -0.2) is 53.5 Å². The molecule has 2 atom stereocenters. The number of nitrogens with one attached hydrogen (secondary N) is 1. The van der Waals surface area contributed by atoms with Crippen molar-refractivity contribution >= 4 is 17.8 Å². The standard InChI is InChI=1S/C24H37N3O4/c25-14-8-3-1-2-7-13-22(28)26-18-21-16-20(17-23(29)30)24(31)27(21)15-9-12-19-10-5-4-6-11-19/h4-6,10-11,20-21H,1-3,7-9,12-18,25H2,(H,26,28)(H,29,30)/t20-,21-/m0/s1. The highest BCUT2D eigenvalue weighted by Gasteiger charge is 2.39. The topological polar surface area (TPSA) is 113 Å². The van der Waals surface area contributed by atoms with E-state index in [0.717, 1.165) is 44.9 Å². The molecule has 1 aromatic rings. The Hall–Kier alpha value is -2.41. The van der Waals surface area contributed by atoms with E-state index in [0.29, 0.717) is 32.5 Å². The van der Waals surface area contributed by atoms with Gasteiger partial charge < -0.3 is 21.1 Å². The van der Waals surface area contributed by atoms with Gasteiger partial charge in [0.1, 0.15) is 0 Å². The molecule has 1 aliphatic heterocycles. The molecule has 0 saturated carbocycles. The van der Waals surface area contributed by atoms with Gasteiger partial charge in [-0.05, 0) is 44.2 Å². The second-order valence-electron chi connectivity index (χ2n) is 8.42. The molecule has 0 bridgehead atoms. The number of nitrogens with two attached hydrogens (primary N) is 1. The number of benzene rings is 1. The molecule has 4 N–H and O–H groups in total. The third-order valence-corrected chi connectivity index (χ3v) is 5.90. The summed E-state index contributed by atoms with van der Waals surface area (Å²) in [5, 5.41) is 12.1. The predicted molar refractivity (Wildman–Crippen MR) is 120 cm³/mol. The van der Waals surface area contributed by atoms with Crippen molar-refractivity contribution in [1.82, 2.24) is 10.2 Å². The lowest BCUT2D eigenvalue weighted by molar-refractivity contribution is -0.142. The third-order valence-electron chi connectivity index (χ3n) is 5.90. The van der Waals surface area contributed by atoms with E-state index >= 15 is 0 Å². The normalized spacial score (nSPS) is 18.4. The van der Waals surface area contributed by atoms with Crippen LogP contribution in [0.1, 0.15) is 63.4 Å². The minimum absolute atomic E-state index is 0.00260. The first-order valence-electron chi connectivity index (χ1n) is 11.5. The quantitative estimate of drug-likeness (QED) is 0.370. The lowest BCUT2D eigenvalue weighted by Gasteiger charge is -2.25. The first-order chi connectivity index (χ1) is 15.0. The van der Waals surface area contributed by atoms with Crippen LogP contribution in [0.25, 0.3) is 0 Å². The van der Waals surface area contributed by atoms with Crippen molar-refractivity contribution in [3.05, 3.63) is 35.9 Å². The summed E-state index contributed by atoms with van der Waals surface area (Å²) in [6.45, 7) is 1.68. The molecule has 2 rings (SSSR count). The number of nitrogens with zero attached hydrogens (tertiary/aromatic N) is 1. The Labute approximate surface area is 185 Å². The van der Waals surface area contributed by atoms with Gasteiger partial charge in [0, 0.05) is 25.6 Å². The molecule has 1 aliphatic rings. The number of aliphatic carboxylic acids is 1. The SMILES string of the molecule is NCCCCCCCC(=O)NC[C@@H]1C[C@@H](CC(=O)O)C(=O)N1CCCc1ccccc1. The maximum Gasteiger partial charge on any atom is 0.304 e. The van der Waals surface area contributed by atoms with E-state index in [4.69, 9.17) is 10.8 Å². The molecule has 1 heterocycles. The average molecular weight is 432 g/mol. The Morgan fingerprint density at radius 2 is 1.77 bits per heavy atom. The van der Waals surface area contributed by atoms with Gasteiger partial charge in [0.2, 0.25) is 11.8 Å². The summed E-state index contributed by atoms with van der Waals surface area (Å²) in [5.41, 5.74) is 6.70. The first-order valence-corrected chi connectivity index (χ1v) is 11.5. The zero-order valence-electron chi connectivity index (χ0n) is 18.4. The molecule has 0 unspecified atom stereocenters. The van der Waals surface area contributed by atoms with E-state index in [9.17, 15) is 14.4 Å². The second-order valence-corrected chi connectivity index (χ2v) is 8.42. The van der Waals surface area contributed by atoms with Crippen LogP contribution < -0.4 is 11.1 Å². The summed E-state index contributed by atoms with van der Waals surface area (Å²) >= 11 is 0. The van der Waals surface area contributed by atoms with Crippen molar-refractivity contribution in [2.24, 2.45) is 11.7 Å². The molecular weight excluding hydrogens is 394 g/mol. The molecule has 172 valence electrons. The maximum absolute atomic E-state index is 12.8. The number of aryl methyl sites for hydroxylation is 1. The van der Waals surface area contributed by atoms with Gasteiger partial charge in [0.25, 0.3) is 0 Å². The monoisotopic (exact) mass is 431 g/mol. The Morgan fingerprint density at radius 1 is 1.06 bits per heavy atom. The number of carbonyl (C=O) groups excluding carboxylic acids is 2. The number of likely N-dealkylation sites (tertiary alicyclic amines) is 1. The Kier molecular flexibility index (Phi) is 11.1. The molecule has 1 fully saturated rings. The Morgan fingerprint density at radius 3 is 2.48 bits per heavy atom. The van der Waals surface area contributed by atoms with Gasteiger partial charge in [-0.1, -0.05) is 49.6 Å². The summed E-state index contributed by atoms with van der Waals surface area (Å²) in [6, 6.07) is 9.95. The molecular formula is C24H37N3O4. The fourth-order valence-electron chi connectivity index (χ4n) is 4.22. The smallest absolute Gasteiger partial charge is 0.304 e. The van der Waals surface area contributed by atoms with Crippen LogP contribution in [0, 0.1) is 5.92 Å². The summed E-state index contributed by atoms with van der Waals surface area (Å²) in [4.78, 5) is 37.9. The van der Waals surface area contributed by atoms with Crippen LogP contribution in [-0.2, 0) is 20.8 Å². The predicted octanol–water partition coefficient (Wildman–Crippen LogP) is 2.73. The Balaban J connectivity index is 1.80. The van der Waals surface area contributed by atoms with E-state index in [2.05, 4.69) is 17.4 Å². The lowest BCUT2D eigenvalue weighted by Crippen LogP contribution is -2.42. The number of carboxylic acids is 1. The van der Waals surface area contributed by atoms with Crippen molar-refractivity contribution in [2.45, 2.75) is 70.3 Å². The third kappa shape index (κ3) is 9.09. The zero-order valence-corrected chi connectivity index (χ0v) is 18.4. The largest absolute Gasteiger partial charge is 0.481 e. The van der Waals surface area contributed by atoms with Gasteiger partial charge in [-0.15, -0.1) is 0 Å². The van der Waals surface area contributed by atoms with Gasteiger partial charge in [-0.25, -0.2) is 0 Å². The molecule has 1 aromatic carbocycles. The summed E-state index contributed by atoms with van der Waals surface area (Å²) in [6.07, 6.45) is 7.57. The average Bonchev–Trinajstić information content (AvgIpc) is 3.04. The van der Waals surface area contributed by atoms with Crippen molar-refractivity contribution in [3.63, 3.8) is 0 Å². The van der Waals surface area contributed by atoms with Crippen molar-refractivity contribution in [3.8, 4) is 0 Å². The fourth-order valence-corrected chi connectivity index (χ4v) is 4.22. The van der Waals surface area contributed by atoms with Crippen LogP contribution in [0.3, 0.4) is 0 Å². The van der Waals surface area contributed by atoms with Gasteiger partial charge >= 0.3 is 5.97 Å². The van der Waals surface area contributed by atoms with E-state index in [-0.39, 0.29) is 24.3 Å². The van der Waals surface area contributed by atoms with Crippen LogP contribution in [0.5, 0.6) is 0 Å². The van der Waals surface area contributed by atoms with Gasteiger partial charge in [-0.2, -0.15) is 0 Å². The molecule has 0 aromatic heterocycles. The van der Waals surface area contributed by atoms with E-state index in [1.807, 2.05) is 18.2 Å². The molecule has 2 amide bonds. The molecule has 7 heteroatoms. The number of rotatable bonds is 15. The fraction of sp³-hybridized carbons (Fsp3) is 0.625. The number of hydrogen-bond acceptors (Lipinski definition) is 4. The van der Waals surface area contributed by atoms with E-state index in [1.54, 1.807) is 4.90 Å². The van der Waals surface area contributed by atoms with E-state index < -0.39 is 11.9 Å². The number of hydrogen-bond donors (Lipinski definition) is 3. The summed E-state index contributed by atoms with van der Waals surface area (Å²) < 4.78 is 0. The lowest BCUT2D eigenvalue weighted by atomic mass is 10.0. The second kappa shape index (κ2) is 13.8. The van der Waals surface area contributed by atoms with Crippen molar-refractivity contribution in [1.29, 1.82) is 0 Å². The number of carbonyl (C=O) groups is 3. The van der Waals surface area contributed by atoms with Crippen molar-refractivity contribution in [2.75, 3.05) is 19.6 Å². The zero-order chi connectivity index (χ0) is 22.5. The molecule has 0 aliphatic carbocycles. The maximum atomic E-state index is 12.8. The van der Waals surface area contributed by atoms with Crippen molar-refractivity contribution < 1.29 is 19.5 Å². The molecule has 31 heavy (non-hydrogen) atoms. The first kappa shape index (κ1) is 24.9. The molecule has 0 spiro atoms. The highest BCUT2D eigenvalue weighted by molar-refractivity contribution is 5.85. The molecule has 1 saturated heterocycles. The number of amides is 2. The van der Waals surface area contributed by atoms with Crippen LogP contribution >= 0.6 is 0 Å². The van der Waals surface area contributed by atoms with Crippen LogP contribution in [0.4, 0.5) is 0 Å². The molecule has 7 nitrogen and oxygen atoms in total. The highest BCUT2D eigenvalue weighted by Crippen LogP contribution is 2.27. The minimum atomic E-state index is -0.957. The molecule has 0 radical (unpaired) electrons. The summed E-state index contributed by atoms with van der Waals surface area (Å²) in [5.74, 6) is -1.56. The van der Waals surface area contributed by atoms with Gasteiger partial charge in [0.05, 0.1) is 12.3 Å². The van der Waals surface area contributed by atoms with Crippen LogP contribution in [0.2, 0.25) is 0 Å². The Bertz CT molecular complexity index is 695. The summed E-state index contributed by atoms with van der Waals surface area (Å²) in [7, 11) is 0. The van der Waals surface area contributed by atoms with Crippen LogP contribution in [0.15, 0.2) is 30.3 Å². The van der Waals surface area contributed by atoms with E-state index in [1.165, 1.54) is 5.56 Å². The highest BCUT2D eigenvalue weighted by atomic mass is 16.4. The number of carboxylic acid groups (broad SMARTS) is 1. The van der Waals surface area contributed by atoms with Gasteiger partial charge in [0.15, 0.2) is 0 Å². The number of unbranched alkanes of at least 4 members (excludes halogenated alkanes) is 4.